The summed E-state index contributed by atoms with van der Waals surface area (Å²) in [7, 11) is -3.86. The fraction of sp³-hybridized carbons (Fsp3) is 0.409. The number of hydrogen-bond donors (Lipinski definition) is 2. The highest BCUT2D eigenvalue weighted by atomic mass is 32.2. The minimum atomic E-state index is -3.86. The van der Waals surface area contributed by atoms with Gasteiger partial charge in [-0.05, 0) is 63.1 Å². The molecular weight excluding hydrogens is 418 g/mol. The van der Waals surface area contributed by atoms with Crippen molar-refractivity contribution in [1.29, 1.82) is 0 Å². The predicted octanol–water partition coefficient (Wildman–Crippen LogP) is 1.25. The summed E-state index contributed by atoms with van der Waals surface area (Å²) in [6.07, 6.45) is 4.19. The van der Waals surface area contributed by atoms with Gasteiger partial charge >= 0.3 is 0 Å². The fourth-order valence-electron chi connectivity index (χ4n) is 2.91. The molecule has 1 saturated carbocycles. The van der Waals surface area contributed by atoms with Crippen molar-refractivity contribution in [3.63, 3.8) is 0 Å². The molecule has 0 spiro atoms. The predicted molar refractivity (Wildman–Crippen MR) is 116 cm³/mol. The first-order chi connectivity index (χ1) is 14.5. The van der Waals surface area contributed by atoms with Gasteiger partial charge in [-0.2, -0.15) is 0 Å². The van der Waals surface area contributed by atoms with E-state index in [4.69, 9.17) is 5.21 Å². The molecule has 1 aliphatic rings. The van der Waals surface area contributed by atoms with Crippen molar-refractivity contribution in [3.8, 4) is 23.7 Å². The van der Waals surface area contributed by atoms with Crippen LogP contribution in [0.1, 0.15) is 38.7 Å². The summed E-state index contributed by atoms with van der Waals surface area (Å²) in [4.78, 5) is 29.0. The van der Waals surface area contributed by atoms with Crippen LogP contribution in [0.25, 0.3) is 10.9 Å². The van der Waals surface area contributed by atoms with Gasteiger partial charge in [-0.15, -0.1) is 0 Å². The zero-order valence-electron chi connectivity index (χ0n) is 17.5. The number of aryl methyl sites for hydroxylation is 1. The molecule has 1 aromatic heterocycles. The third-order valence-corrected chi connectivity index (χ3v) is 7.72. The summed E-state index contributed by atoms with van der Waals surface area (Å²) in [6, 6.07) is 4.99. The van der Waals surface area contributed by atoms with Crippen LogP contribution in [-0.2, 0) is 21.2 Å². The Balaban J connectivity index is 1.84. The van der Waals surface area contributed by atoms with Gasteiger partial charge in [0.25, 0.3) is 11.5 Å². The number of aromatic nitrogens is 2. The topological polar surface area (TPSA) is 118 Å². The Labute approximate surface area is 180 Å². The number of hydrogen-bond acceptors (Lipinski definition) is 6. The van der Waals surface area contributed by atoms with Crippen LogP contribution in [0.5, 0.6) is 0 Å². The number of hydroxylamine groups is 1. The van der Waals surface area contributed by atoms with Gasteiger partial charge in [-0.3, -0.25) is 19.4 Å². The Kier molecular flexibility index (Phi) is 5.95. The van der Waals surface area contributed by atoms with Crippen LogP contribution < -0.4 is 11.0 Å². The lowest BCUT2D eigenvalue weighted by Crippen LogP contribution is -2.50. The first kappa shape index (κ1) is 22.5. The Morgan fingerprint density at radius 1 is 1.35 bits per heavy atom. The molecule has 1 aromatic carbocycles. The normalized spacial score (nSPS) is 16.3. The second-order valence-electron chi connectivity index (χ2n) is 8.23. The third-order valence-electron chi connectivity index (χ3n) is 5.69. The van der Waals surface area contributed by atoms with E-state index < -0.39 is 20.5 Å². The molecule has 1 aliphatic carbocycles. The number of fused-ring (bicyclic) bond motifs is 1. The maximum atomic E-state index is 12.8. The van der Waals surface area contributed by atoms with Gasteiger partial charge < -0.3 is 0 Å². The molecule has 1 atom stereocenters. The number of carbonyl (C=O) groups excluding carboxylic acids is 1. The van der Waals surface area contributed by atoms with Crippen LogP contribution in [0, 0.1) is 29.1 Å². The molecular formula is C22H23N3O5S. The van der Waals surface area contributed by atoms with Crippen molar-refractivity contribution in [1.82, 2.24) is 15.0 Å². The Morgan fingerprint density at radius 3 is 2.68 bits per heavy atom. The van der Waals surface area contributed by atoms with E-state index in [9.17, 15) is 18.0 Å². The van der Waals surface area contributed by atoms with Crippen molar-refractivity contribution < 1.29 is 18.4 Å². The smallest absolute Gasteiger partial charge is 0.264 e. The summed E-state index contributed by atoms with van der Waals surface area (Å²) in [5.41, 5.74) is 2.26. The molecule has 1 heterocycles. The van der Waals surface area contributed by atoms with E-state index in [0.29, 0.717) is 16.5 Å². The van der Waals surface area contributed by atoms with E-state index in [1.54, 1.807) is 18.2 Å². The van der Waals surface area contributed by atoms with Crippen molar-refractivity contribution in [2.45, 2.75) is 44.4 Å². The van der Waals surface area contributed by atoms with E-state index in [0.717, 1.165) is 19.1 Å². The van der Waals surface area contributed by atoms with Crippen molar-refractivity contribution >= 4 is 26.6 Å². The van der Waals surface area contributed by atoms with Gasteiger partial charge in [0.2, 0.25) is 0 Å². The Bertz CT molecular complexity index is 1330. The zero-order valence-corrected chi connectivity index (χ0v) is 18.3. The fourth-order valence-corrected chi connectivity index (χ4v) is 3.76. The number of rotatable bonds is 5. The maximum absolute atomic E-state index is 12.8. The molecule has 1 fully saturated rings. The number of benzene rings is 1. The molecule has 162 valence electrons. The quantitative estimate of drug-likeness (QED) is 0.410. The SMILES string of the molecule is CC1(C#CC#Cc2ccc3c(=O)n(CC[C@](C)(C(=O)NO)S(C)(=O)=O)cnc3c2)CC1. The van der Waals surface area contributed by atoms with Gasteiger partial charge in [-0.25, -0.2) is 18.9 Å². The van der Waals surface area contributed by atoms with E-state index in [1.165, 1.54) is 23.3 Å². The lowest BCUT2D eigenvalue weighted by molar-refractivity contribution is -0.131. The molecule has 0 bridgehead atoms. The first-order valence-electron chi connectivity index (χ1n) is 9.66. The van der Waals surface area contributed by atoms with Gasteiger partial charge in [0, 0.05) is 23.8 Å². The van der Waals surface area contributed by atoms with Crippen LogP contribution >= 0.6 is 0 Å². The summed E-state index contributed by atoms with van der Waals surface area (Å²) in [5, 5.41) is 9.25. The summed E-state index contributed by atoms with van der Waals surface area (Å²) in [6.45, 7) is 3.22. The Hall–Kier alpha value is -3.14. The van der Waals surface area contributed by atoms with Crippen LogP contribution in [0.2, 0.25) is 0 Å². The Morgan fingerprint density at radius 2 is 2.06 bits per heavy atom. The minimum absolute atomic E-state index is 0.0747. The van der Waals surface area contributed by atoms with Crippen molar-refractivity contribution in [2.75, 3.05) is 6.26 Å². The number of sulfone groups is 1. The molecule has 0 aliphatic heterocycles. The highest BCUT2D eigenvalue weighted by Crippen LogP contribution is 2.43. The third kappa shape index (κ3) is 4.79. The van der Waals surface area contributed by atoms with Crippen LogP contribution in [0.3, 0.4) is 0 Å². The highest BCUT2D eigenvalue weighted by molar-refractivity contribution is 7.92. The summed E-state index contributed by atoms with van der Waals surface area (Å²) in [5.74, 6) is 10.7. The van der Waals surface area contributed by atoms with Crippen LogP contribution in [0.4, 0.5) is 0 Å². The molecule has 1 amide bonds. The second-order valence-corrected chi connectivity index (χ2v) is 10.7. The minimum Gasteiger partial charge on any atom is -0.299 e. The molecule has 0 unspecified atom stereocenters. The van der Waals surface area contributed by atoms with Gasteiger partial charge in [0.1, 0.15) is 0 Å². The average molecular weight is 442 g/mol. The monoisotopic (exact) mass is 441 g/mol. The molecule has 8 nitrogen and oxygen atoms in total. The number of amides is 1. The van der Waals surface area contributed by atoms with Crippen LogP contribution in [0.15, 0.2) is 29.3 Å². The summed E-state index contributed by atoms with van der Waals surface area (Å²) < 4.78 is 23.5. The molecule has 0 radical (unpaired) electrons. The summed E-state index contributed by atoms with van der Waals surface area (Å²) >= 11 is 0. The van der Waals surface area contributed by atoms with Crippen LogP contribution in [-0.4, -0.2) is 40.1 Å². The lowest BCUT2D eigenvalue weighted by Gasteiger charge is -2.25. The van der Waals surface area contributed by atoms with Crippen molar-refractivity contribution in [3.05, 3.63) is 40.4 Å². The van der Waals surface area contributed by atoms with Gasteiger partial charge in [0.15, 0.2) is 14.6 Å². The zero-order chi connectivity index (χ0) is 22.9. The number of carbonyl (C=O) groups is 1. The molecule has 0 saturated heterocycles. The molecule has 2 aromatic rings. The molecule has 2 N–H and O–H groups in total. The number of nitrogens with one attached hydrogen (secondary N) is 1. The maximum Gasteiger partial charge on any atom is 0.264 e. The highest BCUT2D eigenvalue weighted by Gasteiger charge is 2.43. The lowest BCUT2D eigenvalue weighted by atomic mass is 10.1. The molecule has 3 rings (SSSR count). The molecule has 31 heavy (non-hydrogen) atoms. The standard InChI is InChI=1S/C22H23N3O5S/c1-21(10-11-21)9-5-4-6-16-7-8-17-18(14-16)23-15-25(19(17)26)13-12-22(2,20(27)24-28)31(3,29)30/h7-8,14-15,28H,10-13H2,1-3H3,(H,24,27)/t22-/m1/s1. The van der Waals surface area contributed by atoms with Gasteiger partial charge in [0.05, 0.1) is 17.2 Å². The van der Waals surface area contributed by atoms with E-state index in [2.05, 4.69) is 35.6 Å². The van der Waals surface area contributed by atoms with E-state index >= 15 is 0 Å². The largest absolute Gasteiger partial charge is 0.299 e. The first-order valence-corrected chi connectivity index (χ1v) is 11.5. The van der Waals surface area contributed by atoms with Gasteiger partial charge in [-0.1, -0.05) is 11.8 Å². The van der Waals surface area contributed by atoms with E-state index in [1.807, 2.05) is 0 Å². The number of nitrogens with zero attached hydrogens (tertiary/aromatic N) is 2. The van der Waals surface area contributed by atoms with E-state index in [-0.39, 0.29) is 23.9 Å². The average Bonchev–Trinajstić information content (AvgIpc) is 3.46. The second kappa shape index (κ2) is 8.18. The molecule has 9 heteroatoms. The van der Waals surface area contributed by atoms with Crippen molar-refractivity contribution in [2.24, 2.45) is 5.41 Å².